The maximum atomic E-state index is 12.4. The van der Waals surface area contributed by atoms with Crippen LogP contribution in [0.15, 0.2) is 29.1 Å². The van der Waals surface area contributed by atoms with Gasteiger partial charge < -0.3 is 4.90 Å². The molecule has 0 aromatic carbocycles. The highest BCUT2D eigenvalue weighted by atomic mass is 16.2. The highest BCUT2D eigenvalue weighted by Crippen LogP contribution is 2.03. The first-order valence-electron chi connectivity index (χ1n) is 7.01. The van der Waals surface area contributed by atoms with Crippen molar-refractivity contribution in [1.29, 1.82) is 0 Å². The van der Waals surface area contributed by atoms with Gasteiger partial charge in [-0.05, 0) is 26.3 Å². The van der Waals surface area contributed by atoms with Crippen molar-refractivity contribution in [2.45, 2.75) is 40.2 Å². The summed E-state index contributed by atoms with van der Waals surface area (Å²) in [5.41, 5.74) is 1.06. The standard InChI is InChI=1S/C15H23N3O2/c1-5-7-10-18-14(19)9-8-13(16-18)15(20)17(6-2)11-12(3)4/h8-9H,3,5-7,10-11H2,1-2,4H3. The van der Waals surface area contributed by atoms with E-state index in [4.69, 9.17) is 0 Å². The molecule has 0 unspecified atom stereocenters. The van der Waals surface area contributed by atoms with E-state index in [1.165, 1.54) is 16.8 Å². The van der Waals surface area contributed by atoms with Crippen molar-refractivity contribution in [3.63, 3.8) is 0 Å². The number of aromatic nitrogens is 2. The third-order valence-corrected chi connectivity index (χ3v) is 2.94. The largest absolute Gasteiger partial charge is 0.334 e. The van der Waals surface area contributed by atoms with Crippen molar-refractivity contribution < 1.29 is 4.79 Å². The topological polar surface area (TPSA) is 55.2 Å². The summed E-state index contributed by atoms with van der Waals surface area (Å²) in [5.74, 6) is -0.166. The molecule has 0 aliphatic rings. The van der Waals surface area contributed by atoms with Crippen molar-refractivity contribution in [3.05, 3.63) is 40.3 Å². The quantitative estimate of drug-likeness (QED) is 0.717. The Morgan fingerprint density at radius 2 is 2.10 bits per heavy atom. The summed E-state index contributed by atoms with van der Waals surface area (Å²) in [6.07, 6.45) is 1.84. The van der Waals surface area contributed by atoms with Crippen LogP contribution in [0.4, 0.5) is 0 Å². The van der Waals surface area contributed by atoms with Crippen LogP contribution < -0.4 is 5.56 Å². The third kappa shape index (κ3) is 4.33. The van der Waals surface area contributed by atoms with Gasteiger partial charge in [0.15, 0.2) is 0 Å². The first-order valence-corrected chi connectivity index (χ1v) is 7.01. The van der Waals surface area contributed by atoms with E-state index >= 15 is 0 Å². The van der Waals surface area contributed by atoms with Gasteiger partial charge in [-0.25, -0.2) is 4.68 Å². The number of hydrogen-bond acceptors (Lipinski definition) is 3. The number of amides is 1. The Balaban J connectivity index is 2.97. The second kappa shape index (κ2) is 7.62. The molecule has 1 aromatic rings. The van der Waals surface area contributed by atoms with Crippen molar-refractivity contribution in [2.24, 2.45) is 0 Å². The third-order valence-electron chi connectivity index (χ3n) is 2.94. The lowest BCUT2D eigenvalue weighted by Gasteiger charge is -2.20. The summed E-state index contributed by atoms with van der Waals surface area (Å²) in [7, 11) is 0. The van der Waals surface area contributed by atoms with Crippen molar-refractivity contribution >= 4 is 5.91 Å². The molecule has 0 radical (unpaired) electrons. The summed E-state index contributed by atoms with van der Waals surface area (Å²) in [5, 5.41) is 4.17. The summed E-state index contributed by atoms with van der Waals surface area (Å²) in [6.45, 7) is 11.3. The van der Waals surface area contributed by atoms with Crippen LogP contribution in [-0.4, -0.2) is 33.7 Å². The fourth-order valence-electron chi connectivity index (χ4n) is 1.85. The molecule has 20 heavy (non-hydrogen) atoms. The zero-order valence-corrected chi connectivity index (χ0v) is 12.6. The second-order valence-electron chi connectivity index (χ2n) is 4.91. The summed E-state index contributed by atoms with van der Waals surface area (Å²) >= 11 is 0. The molecule has 1 heterocycles. The molecule has 1 aromatic heterocycles. The van der Waals surface area contributed by atoms with Gasteiger partial charge in [0.2, 0.25) is 0 Å². The Kier molecular flexibility index (Phi) is 6.15. The molecule has 1 amide bonds. The molecule has 0 aliphatic heterocycles. The molecule has 0 atom stereocenters. The van der Waals surface area contributed by atoms with Crippen LogP contribution in [0.5, 0.6) is 0 Å². The van der Waals surface area contributed by atoms with Gasteiger partial charge >= 0.3 is 0 Å². The van der Waals surface area contributed by atoms with Crippen LogP contribution in [0, 0.1) is 0 Å². The van der Waals surface area contributed by atoms with E-state index in [-0.39, 0.29) is 11.5 Å². The lowest BCUT2D eigenvalue weighted by atomic mass is 10.2. The fraction of sp³-hybridized carbons (Fsp3) is 0.533. The van der Waals surface area contributed by atoms with Crippen molar-refractivity contribution in [2.75, 3.05) is 13.1 Å². The average molecular weight is 277 g/mol. The molecule has 0 aliphatic carbocycles. The molecular weight excluding hydrogens is 254 g/mol. The molecule has 110 valence electrons. The average Bonchev–Trinajstić information content (AvgIpc) is 2.43. The van der Waals surface area contributed by atoms with E-state index in [1.54, 1.807) is 4.90 Å². The van der Waals surface area contributed by atoms with Crippen molar-refractivity contribution in [1.82, 2.24) is 14.7 Å². The molecule has 0 saturated heterocycles. The normalized spacial score (nSPS) is 10.3. The molecule has 0 bridgehead atoms. The molecule has 0 saturated carbocycles. The molecule has 1 rings (SSSR count). The minimum Gasteiger partial charge on any atom is -0.334 e. The van der Waals surface area contributed by atoms with E-state index in [2.05, 4.69) is 11.7 Å². The summed E-state index contributed by atoms with van der Waals surface area (Å²) in [6, 6.07) is 2.90. The van der Waals surface area contributed by atoms with Gasteiger partial charge in [0, 0.05) is 25.7 Å². The van der Waals surface area contributed by atoms with E-state index in [1.807, 2.05) is 20.8 Å². The second-order valence-corrected chi connectivity index (χ2v) is 4.91. The minimum atomic E-state index is -0.169. The predicted molar refractivity (Wildman–Crippen MR) is 79.8 cm³/mol. The van der Waals surface area contributed by atoms with Gasteiger partial charge in [0.25, 0.3) is 11.5 Å². The Bertz CT molecular complexity index is 534. The van der Waals surface area contributed by atoms with Gasteiger partial charge in [-0.2, -0.15) is 5.10 Å². The SMILES string of the molecule is C=C(C)CN(CC)C(=O)c1ccc(=O)n(CCCC)n1. The zero-order valence-electron chi connectivity index (χ0n) is 12.6. The Morgan fingerprint density at radius 3 is 2.65 bits per heavy atom. The molecule has 0 spiro atoms. The van der Waals surface area contributed by atoms with Crippen LogP contribution in [0.25, 0.3) is 0 Å². The number of aryl methyl sites for hydroxylation is 1. The molecule has 0 fully saturated rings. The molecule has 5 heteroatoms. The number of unbranched alkanes of at least 4 members (excludes halogenated alkanes) is 1. The van der Waals surface area contributed by atoms with Crippen molar-refractivity contribution in [3.8, 4) is 0 Å². The maximum absolute atomic E-state index is 12.4. The number of hydrogen-bond donors (Lipinski definition) is 0. The van der Waals surface area contributed by atoms with Crippen LogP contribution in [0.1, 0.15) is 44.1 Å². The van der Waals surface area contributed by atoms with Gasteiger partial charge in [0.05, 0.1) is 0 Å². The van der Waals surface area contributed by atoms with Crippen LogP contribution in [-0.2, 0) is 6.54 Å². The predicted octanol–water partition coefficient (Wildman–Crippen LogP) is 2.08. The first kappa shape index (κ1) is 16.1. The van der Waals surface area contributed by atoms with Gasteiger partial charge in [-0.1, -0.05) is 25.5 Å². The van der Waals surface area contributed by atoms with Crippen LogP contribution >= 0.6 is 0 Å². The number of carbonyl (C=O) groups is 1. The number of nitrogens with zero attached hydrogens (tertiary/aromatic N) is 3. The minimum absolute atomic E-state index is 0.166. The lowest BCUT2D eigenvalue weighted by Crippen LogP contribution is -2.34. The molecule has 0 N–H and O–H groups in total. The molecule has 5 nitrogen and oxygen atoms in total. The smallest absolute Gasteiger partial charge is 0.274 e. The highest BCUT2D eigenvalue weighted by molar-refractivity contribution is 5.92. The lowest BCUT2D eigenvalue weighted by molar-refractivity contribution is 0.0769. The van der Waals surface area contributed by atoms with E-state index in [9.17, 15) is 9.59 Å². The van der Waals surface area contributed by atoms with Crippen LogP contribution in [0.2, 0.25) is 0 Å². The first-order chi connectivity index (χ1) is 9.49. The molecular formula is C15H23N3O2. The maximum Gasteiger partial charge on any atom is 0.274 e. The highest BCUT2D eigenvalue weighted by Gasteiger charge is 2.16. The van der Waals surface area contributed by atoms with Gasteiger partial charge in [0.1, 0.15) is 5.69 Å². The Morgan fingerprint density at radius 1 is 1.40 bits per heavy atom. The zero-order chi connectivity index (χ0) is 15.1. The van der Waals surface area contributed by atoms with Gasteiger partial charge in [-0.15, -0.1) is 0 Å². The van der Waals surface area contributed by atoms with Gasteiger partial charge in [-0.3, -0.25) is 9.59 Å². The monoisotopic (exact) mass is 277 g/mol. The van der Waals surface area contributed by atoms with Crippen LogP contribution in [0.3, 0.4) is 0 Å². The summed E-state index contributed by atoms with van der Waals surface area (Å²) in [4.78, 5) is 25.7. The van der Waals surface area contributed by atoms with E-state index < -0.39 is 0 Å². The Labute approximate surface area is 119 Å². The van der Waals surface area contributed by atoms with E-state index in [0.29, 0.717) is 25.3 Å². The van der Waals surface area contributed by atoms with E-state index in [0.717, 1.165) is 18.4 Å². The number of likely N-dealkylation sites (N-methyl/N-ethyl adjacent to an activating group) is 1. The fourth-order valence-corrected chi connectivity index (χ4v) is 1.85. The summed E-state index contributed by atoms with van der Waals surface area (Å²) < 4.78 is 1.37. The Hall–Kier alpha value is -1.91. The number of carbonyl (C=O) groups excluding carboxylic acids is 1. The number of rotatable bonds is 7.